The Labute approximate surface area is 290 Å². The normalized spacial score (nSPS) is 14.0. The second-order valence-electron chi connectivity index (χ2n) is 11.1. The predicted molar refractivity (Wildman–Crippen MR) is 200 cm³/mol. The van der Waals surface area contributed by atoms with Crippen LogP contribution in [0.1, 0.15) is 13.7 Å². The molecule has 0 unspecified atom stereocenters. The molecule has 0 atom stereocenters. The van der Waals surface area contributed by atoms with Gasteiger partial charge < -0.3 is 4.90 Å². The topological polar surface area (TPSA) is 3.24 Å². The minimum absolute atomic E-state index is 0.131. The van der Waals surface area contributed by atoms with Crippen LogP contribution < -0.4 is 4.90 Å². The van der Waals surface area contributed by atoms with E-state index in [1.807, 2.05) is 60.7 Å². The fraction of sp³-hybridized carbons (Fsp3) is 0. The standard InChI is InChI=1S/C46H33N/c1-4-13-34(14-5-1)35-23-28-41(29-24-35)47(46-22-12-20-38-19-10-11-21-44(38)46)42-30-25-36(26-31-42)40-27-32-43(37-15-6-2-7-16-37)45(33-40)39-17-8-3-9-18-39/h1-33H/i2D,3D,6D,7D,8D,9D,15D,16D,17D,18D. The van der Waals surface area contributed by atoms with E-state index in [-0.39, 0.29) is 22.3 Å². The number of fused-ring (bicyclic) bond motifs is 1. The minimum Gasteiger partial charge on any atom is -0.310 e. The molecule has 222 valence electrons. The lowest BCUT2D eigenvalue weighted by Gasteiger charge is -2.27. The van der Waals surface area contributed by atoms with E-state index in [9.17, 15) is 0 Å². The molecule has 0 aliphatic carbocycles. The fourth-order valence-corrected chi connectivity index (χ4v) is 5.99. The van der Waals surface area contributed by atoms with Crippen LogP contribution in [-0.2, 0) is 0 Å². The van der Waals surface area contributed by atoms with Crippen LogP contribution >= 0.6 is 0 Å². The molecule has 8 rings (SSSR count). The smallest absolute Gasteiger partial charge is 0.0629 e. The van der Waals surface area contributed by atoms with E-state index in [1.54, 1.807) is 18.2 Å². The maximum absolute atomic E-state index is 8.82. The van der Waals surface area contributed by atoms with E-state index in [2.05, 4.69) is 65.6 Å². The number of hydrogen-bond donors (Lipinski definition) is 0. The molecular formula is C46H33N. The Balaban J connectivity index is 1.29. The van der Waals surface area contributed by atoms with E-state index < -0.39 is 60.4 Å². The summed E-state index contributed by atoms with van der Waals surface area (Å²) in [5, 5.41) is 2.17. The molecule has 0 radical (unpaired) electrons. The first kappa shape index (κ1) is 19.4. The van der Waals surface area contributed by atoms with Crippen molar-refractivity contribution in [2.75, 3.05) is 4.90 Å². The zero-order chi connectivity index (χ0) is 40.1. The van der Waals surface area contributed by atoms with Gasteiger partial charge in [0.25, 0.3) is 0 Å². The van der Waals surface area contributed by atoms with Crippen LogP contribution in [0.5, 0.6) is 0 Å². The molecule has 1 heteroatoms. The van der Waals surface area contributed by atoms with Gasteiger partial charge in [0.05, 0.1) is 19.4 Å². The molecule has 0 spiro atoms. The molecule has 0 saturated carbocycles. The summed E-state index contributed by atoms with van der Waals surface area (Å²) in [5.74, 6) is 0. The van der Waals surface area contributed by atoms with E-state index in [0.717, 1.165) is 44.5 Å². The minimum atomic E-state index is -0.560. The van der Waals surface area contributed by atoms with E-state index in [4.69, 9.17) is 13.7 Å². The van der Waals surface area contributed by atoms with Crippen LogP contribution in [0, 0.1) is 0 Å². The molecule has 0 aliphatic heterocycles. The van der Waals surface area contributed by atoms with Gasteiger partial charge in [-0.1, -0.05) is 164 Å². The highest BCUT2D eigenvalue weighted by molar-refractivity contribution is 5.99. The van der Waals surface area contributed by atoms with Crippen molar-refractivity contribution in [1.82, 2.24) is 0 Å². The number of hydrogen-bond acceptors (Lipinski definition) is 1. The van der Waals surface area contributed by atoms with Crippen molar-refractivity contribution in [3.63, 3.8) is 0 Å². The Morgan fingerprint density at radius 3 is 1.53 bits per heavy atom. The average Bonchev–Trinajstić information content (AvgIpc) is 3.25. The van der Waals surface area contributed by atoms with Crippen LogP contribution in [0.25, 0.3) is 55.3 Å². The van der Waals surface area contributed by atoms with Crippen molar-refractivity contribution in [1.29, 1.82) is 0 Å². The summed E-state index contributed by atoms with van der Waals surface area (Å²) in [6.07, 6.45) is 0. The number of rotatable bonds is 7. The Morgan fingerprint density at radius 2 is 0.872 bits per heavy atom. The van der Waals surface area contributed by atoms with Crippen LogP contribution in [0.15, 0.2) is 200 Å². The summed E-state index contributed by atoms with van der Waals surface area (Å²) in [5.41, 5.74) is 6.42. The van der Waals surface area contributed by atoms with Crippen LogP contribution in [0.3, 0.4) is 0 Å². The lowest BCUT2D eigenvalue weighted by molar-refractivity contribution is 1.30. The number of nitrogens with zero attached hydrogens (tertiary/aromatic N) is 1. The first-order valence-electron chi connectivity index (χ1n) is 20.3. The molecule has 1 nitrogen and oxygen atoms in total. The summed E-state index contributed by atoms with van der Waals surface area (Å²) in [6.45, 7) is 0. The monoisotopic (exact) mass is 609 g/mol. The summed E-state index contributed by atoms with van der Waals surface area (Å²) >= 11 is 0. The second kappa shape index (κ2) is 12.7. The van der Waals surface area contributed by atoms with Crippen molar-refractivity contribution in [2.45, 2.75) is 0 Å². The SMILES string of the molecule is [2H]c1c([2H])c([2H])c(-c2ccc(-c3ccc(N(c4ccc(-c5ccccc5)cc4)c4cccc5ccccc45)cc3)cc2-c2c([2H])c([2H])c([2H])c([2H])c2[2H])c([2H])c1[2H]. The zero-order valence-electron chi connectivity index (χ0n) is 35.2. The molecule has 47 heavy (non-hydrogen) atoms. The molecular weight excluding hydrogens is 567 g/mol. The summed E-state index contributed by atoms with van der Waals surface area (Å²) < 4.78 is 84.8. The molecule has 0 amide bonds. The highest BCUT2D eigenvalue weighted by atomic mass is 15.1. The summed E-state index contributed by atoms with van der Waals surface area (Å²) in [7, 11) is 0. The van der Waals surface area contributed by atoms with Crippen molar-refractivity contribution < 1.29 is 13.7 Å². The van der Waals surface area contributed by atoms with Crippen molar-refractivity contribution in [3.8, 4) is 44.5 Å². The maximum Gasteiger partial charge on any atom is 0.0629 e. The van der Waals surface area contributed by atoms with Gasteiger partial charge in [0.1, 0.15) is 0 Å². The van der Waals surface area contributed by atoms with Crippen molar-refractivity contribution >= 4 is 27.8 Å². The lowest BCUT2D eigenvalue weighted by Crippen LogP contribution is -2.10. The largest absolute Gasteiger partial charge is 0.310 e. The third kappa shape index (κ3) is 5.72. The van der Waals surface area contributed by atoms with Gasteiger partial charge >= 0.3 is 0 Å². The van der Waals surface area contributed by atoms with Gasteiger partial charge in [0.15, 0.2) is 0 Å². The van der Waals surface area contributed by atoms with Gasteiger partial charge in [-0.25, -0.2) is 0 Å². The van der Waals surface area contributed by atoms with Crippen molar-refractivity contribution in [3.05, 3.63) is 200 Å². The van der Waals surface area contributed by atoms with Gasteiger partial charge in [0, 0.05) is 16.8 Å². The van der Waals surface area contributed by atoms with E-state index in [0.29, 0.717) is 5.56 Å². The maximum atomic E-state index is 8.82. The molecule has 0 bridgehead atoms. The van der Waals surface area contributed by atoms with Gasteiger partial charge in [-0.15, -0.1) is 0 Å². The second-order valence-corrected chi connectivity index (χ2v) is 11.1. The quantitative estimate of drug-likeness (QED) is 0.174. The van der Waals surface area contributed by atoms with Gasteiger partial charge in [-0.3, -0.25) is 0 Å². The Hall–Kier alpha value is -6.18. The Kier molecular flexibility index (Phi) is 5.22. The van der Waals surface area contributed by atoms with Crippen LogP contribution in [0.2, 0.25) is 0 Å². The molecule has 0 N–H and O–H groups in total. The zero-order valence-corrected chi connectivity index (χ0v) is 25.2. The van der Waals surface area contributed by atoms with E-state index in [1.165, 1.54) is 0 Å². The van der Waals surface area contributed by atoms with Crippen molar-refractivity contribution in [2.24, 2.45) is 0 Å². The first-order valence-corrected chi connectivity index (χ1v) is 15.3. The lowest BCUT2D eigenvalue weighted by atomic mass is 9.91. The van der Waals surface area contributed by atoms with Gasteiger partial charge in [-0.2, -0.15) is 0 Å². The predicted octanol–water partition coefficient (Wildman–Crippen LogP) is 13.0. The Morgan fingerprint density at radius 1 is 0.362 bits per heavy atom. The van der Waals surface area contributed by atoms with E-state index >= 15 is 0 Å². The molecule has 0 saturated heterocycles. The Bertz CT molecular complexity index is 2780. The fourth-order valence-electron chi connectivity index (χ4n) is 5.99. The molecule has 0 aromatic heterocycles. The average molecular weight is 610 g/mol. The summed E-state index contributed by atoms with van der Waals surface area (Å²) in [4.78, 5) is 2.19. The highest BCUT2D eigenvalue weighted by Gasteiger charge is 2.16. The van der Waals surface area contributed by atoms with Crippen LogP contribution in [0.4, 0.5) is 17.1 Å². The van der Waals surface area contributed by atoms with Crippen LogP contribution in [-0.4, -0.2) is 0 Å². The van der Waals surface area contributed by atoms with Gasteiger partial charge in [0.2, 0.25) is 0 Å². The number of benzene rings is 8. The molecule has 0 aliphatic rings. The molecule has 8 aromatic rings. The number of anilines is 3. The molecule has 0 fully saturated rings. The molecule has 8 aromatic carbocycles. The first-order chi connectivity index (χ1) is 27.5. The third-order valence-electron chi connectivity index (χ3n) is 8.26. The molecule has 0 heterocycles. The third-order valence-corrected chi connectivity index (χ3v) is 8.26. The highest BCUT2D eigenvalue weighted by Crippen LogP contribution is 2.41. The summed E-state index contributed by atoms with van der Waals surface area (Å²) in [6, 6.07) is 40.8. The van der Waals surface area contributed by atoms with Gasteiger partial charge in [-0.05, 0) is 86.3 Å².